The number of piperazine rings is 1. The lowest BCUT2D eigenvalue weighted by atomic mass is 9.78. The van der Waals surface area contributed by atoms with Crippen molar-refractivity contribution < 1.29 is 17.9 Å². The fourth-order valence-electron chi connectivity index (χ4n) is 4.85. The summed E-state index contributed by atoms with van der Waals surface area (Å²) in [7, 11) is -1.60. The summed E-state index contributed by atoms with van der Waals surface area (Å²) in [5.41, 5.74) is 0.327. The van der Waals surface area contributed by atoms with Gasteiger partial charge in [-0.1, -0.05) is 30.3 Å². The summed E-state index contributed by atoms with van der Waals surface area (Å²) in [6.07, 6.45) is 1.72. The summed E-state index contributed by atoms with van der Waals surface area (Å²) in [6, 6.07) is 16.5. The number of hydrogen-bond acceptors (Lipinski definition) is 5. The number of aryl methyl sites for hydroxylation is 1. The number of sulfonamides is 1. The van der Waals surface area contributed by atoms with Crippen molar-refractivity contribution in [1.82, 2.24) is 14.1 Å². The maximum Gasteiger partial charge on any atom is 0.243 e. The third-order valence-electron chi connectivity index (χ3n) is 6.92. The molecule has 8 heteroatoms. The van der Waals surface area contributed by atoms with Crippen LogP contribution in [0.5, 0.6) is 5.75 Å². The van der Waals surface area contributed by atoms with E-state index in [1.165, 1.54) is 0 Å². The lowest BCUT2D eigenvalue weighted by Crippen LogP contribution is -2.53. The first-order chi connectivity index (χ1) is 16.3. The third kappa shape index (κ3) is 5.79. The van der Waals surface area contributed by atoms with Gasteiger partial charge in [0, 0.05) is 51.1 Å². The highest BCUT2D eigenvalue weighted by Gasteiger charge is 2.43. The van der Waals surface area contributed by atoms with E-state index in [2.05, 4.69) is 11.9 Å². The van der Waals surface area contributed by atoms with Crippen molar-refractivity contribution in [3.05, 3.63) is 60.2 Å². The molecular weight excluding hydrogens is 450 g/mol. The molecule has 0 aliphatic carbocycles. The van der Waals surface area contributed by atoms with E-state index in [0.29, 0.717) is 37.6 Å². The molecule has 2 aromatic carbocycles. The molecule has 2 aromatic rings. The van der Waals surface area contributed by atoms with Gasteiger partial charge in [-0.2, -0.15) is 4.31 Å². The van der Waals surface area contributed by atoms with Gasteiger partial charge in [-0.15, -0.1) is 0 Å². The zero-order valence-corrected chi connectivity index (χ0v) is 21.0. The van der Waals surface area contributed by atoms with Crippen molar-refractivity contribution in [3.63, 3.8) is 0 Å². The molecule has 34 heavy (non-hydrogen) atoms. The first kappa shape index (κ1) is 24.7. The minimum atomic E-state index is -3.66. The molecule has 0 spiro atoms. The molecule has 2 heterocycles. The van der Waals surface area contributed by atoms with E-state index in [0.717, 1.165) is 30.8 Å². The molecule has 2 aliphatic heterocycles. The molecule has 0 radical (unpaired) electrons. The number of rotatable bonds is 7. The number of hydrogen-bond donors (Lipinski definition) is 0. The number of ether oxygens (including phenoxy) is 1. The van der Waals surface area contributed by atoms with E-state index in [9.17, 15) is 13.2 Å². The Morgan fingerprint density at radius 1 is 1.00 bits per heavy atom. The Hall–Kier alpha value is -2.42. The van der Waals surface area contributed by atoms with Crippen molar-refractivity contribution in [2.24, 2.45) is 5.41 Å². The summed E-state index contributed by atoms with van der Waals surface area (Å²) >= 11 is 0. The first-order valence-corrected chi connectivity index (χ1v) is 13.4. The fourth-order valence-corrected chi connectivity index (χ4v) is 6.54. The van der Waals surface area contributed by atoms with E-state index in [-0.39, 0.29) is 18.9 Å². The van der Waals surface area contributed by atoms with Crippen LogP contribution in [0.4, 0.5) is 0 Å². The Morgan fingerprint density at radius 2 is 1.74 bits per heavy atom. The quantitative estimate of drug-likeness (QED) is 0.603. The number of para-hydroxylation sites is 1. The molecule has 7 nitrogen and oxygen atoms in total. The predicted octanol–water partition coefficient (Wildman–Crippen LogP) is 3.01. The zero-order valence-electron chi connectivity index (χ0n) is 20.2. The van der Waals surface area contributed by atoms with E-state index in [1.54, 1.807) is 22.5 Å². The molecule has 0 unspecified atom stereocenters. The Labute approximate surface area is 203 Å². The van der Waals surface area contributed by atoms with Crippen LogP contribution in [0.25, 0.3) is 0 Å². The molecule has 2 fully saturated rings. The Morgan fingerprint density at radius 3 is 2.44 bits per heavy atom. The summed E-state index contributed by atoms with van der Waals surface area (Å²) in [4.78, 5) is 17.8. The monoisotopic (exact) mass is 485 g/mol. The van der Waals surface area contributed by atoms with Gasteiger partial charge in [0.25, 0.3) is 0 Å². The standard InChI is InChI=1S/C26H35N3O4S/c1-22-8-6-11-24(18-22)34(31,32)29-13-7-12-26(20-29,21-33-23-9-4-3-5-10-23)19-25(30)28-16-14-27(2)15-17-28/h3-6,8-11,18H,7,12-17,19-21H2,1-2H3/t26-/m0/s1. The van der Waals surface area contributed by atoms with E-state index in [1.807, 2.05) is 48.2 Å². The number of piperidine rings is 1. The van der Waals surface area contributed by atoms with Gasteiger partial charge in [0.2, 0.25) is 15.9 Å². The van der Waals surface area contributed by atoms with Crippen LogP contribution in [0.3, 0.4) is 0 Å². The second kappa shape index (κ2) is 10.5. The van der Waals surface area contributed by atoms with Crippen LogP contribution in [0.2, 0.25) is 0 Å². The Kier molecular flexibility index (Phi) is 7.60. The van der Waals surface area contributed by atoms with Gasteiger partial charge in [0.05, 0.1) is 11.5 Å². The molecule has 2 saturated heterocycles. The maximum absolute atomic E-state index is 13.5. The van der Waals surface area contributed by atoms with Crippen LogP contribution >= 0.6 is 0 Å². The number of likely N-dealkylation sites (N-methyl/N-ethyl adjacent to an activating group) is 1. The van der Waals surface area contributed by atoms with Crippen LogP contribution in [0.1, 0.15) is 24.8 Å². The second-order valence-corrected chi connectivity index (χ2v) is 11.7. The number of benzene rings is 2. The van der Waals surface area contributed by atoms with Gasteiger partial charge < -0.3 is 14.5 Å². The summed E-state index contributed by atoms with van der Waals surface area (Å²) in [6.45, 7) is 6.03. The molecule has 4 rings (SSSR count). The van der Waals surface area contributed by atoms with Crippen molar-refractivity contribution in [2.45, 2.75) is 31.1 Å². The van der Waals surface area contributed by atoms with Crippen LogP contribution in [0, 0.1) is 12.3 Å². The van der Waals surface area contributed by atoms with Gasteiger partial charge in [-0.25, -0.2) is 8.42 Å². The molecule has 1 atom stereocenters. The normalized spacial score (nSPS) is 22.5. The molecule has 184 valence electrons. The fraction of sp³-hybridized carbons (Fsp3) is 0.500. The van der Waals surface area contributed by atoms with Crippen LogP contribution in [-0.2, 0) is 14.8 Å². The van der Waals surface area contributed by atoms with Crippen molar-refractivity contribution in [1.29, 1.82) is 0 Å². The van der Waals surface area contributed by atoms with Crippen LogP contribution < -0.4 is 4.74 Å². The van der Waals surface area contributed by atoms with Gasteiger partial charge in [0.15, 0.2) is 0 Å². The van der Waals surface area contributed by atoms with Crippen LogP contribution in [-0.4, -0.2) is 81.4 Å². The van der Waals surface area contributed by atoms with Crippen molar-refractivity contribution >= 4 is 15.9 Å². The highest BCUT2D eigenvalue weighted by molar-refractivity contribution is 7.89. The van der Waals surface area contributed by atoms with Gasteiger partial charge in [0.1, 0.15) is 5.75 Å². The van der Waals surface area contributed by atoms with Crippen LogP contribution in [0.15, 0.2) is 59.5 Å². The Bertz CT molecular complexity index is 1080. The van der Waals surface area contributed by atoms with Gasteiger partial charge in [-0.3, -0.25) is 4.79 Å². The minimum absolute atomic E-state index is 0.0829. The molecule has 2 aliphatic rings. The molecular formula is C26H35N3O4S. The van der Waals surface area contributed by atoms with Gasteiger partial charge >= 0.3 is 0 Å². The topological polar surface area (TPSA) is 70.2 Å². The highest BCUT2D eigenvalue weighted by Crippen LogP contribution is 2.37. The number of carbonyl (C=O) groups excluding carboxylic acids is 1. The summed E-state index contributed by atoms with van der Waals surface area (Å²) in [5, 5.41) is 0. The maximum atomic E-state index is 13.5. The average Bonchev–Trinajstić information content (AvgIpc) is 2.84. The van der Waals surface area contributed by atoms with Gasteiger partial charge in [-0.05, 0) is 56.6 Å². The molecule has 0 saturated carbocycles. The van der Waals surface area contributed by atoms with Crippen molar-refractivity contribution in [3.8, 4) is 5.75 Å². The number of nitrogens with zero attached hydrogens (tertiary/aromatic N) is 3. The van der Waals surface area contributed by atoms with E-state index < -0.39 is 15.4 Å². The second-order valence-electron chi connectivity index (χ2n) is 9.72. The number of amides is 1. The lowest BCUT2D eigenvalue weighted by molar-refractivity contribution is -0.136. The molecule has 0 N–H and O–H groups in total. The SMILES string of the molecule is Cc1cccc(S(=O)(=O)N2CCC[C@](COc3ccccc3)(CC(=O)N3CCN(C)CC3)C2)c1. The first-order valence-electron chi connectivity index (χ1n) is 12.0. The zero-order chi connectivity index (χ0) is 24.2. The molecule has 0 aromatic heterocycles. The summed E-state index contributed by atoms with van der Waals surface area (Å²) < 4.78 is 34.7. The smallest absolute Gasteiger partial charge is 0.243 e. The largest absolute Gasteiger partial charge is 0.493 e. The molecule has 1 amide bonds. The molecule has 0 bridgehead atoms. The highest BCUT2D eigenvalue weighted by atomic mass is 32.2. The Balaban J connectivity index is 1.56. The van der Waals surface area contributed by atoms with E-state index in [4.69, 9.17) is 4.74 Å². The minimum Gasteiger partial charge on any atom is -0.493 e. The predicted molar refractivity (Wildman–Crippen MR) is 132 cm³/mol. The van der Waals surface area contributed by atoms with Crippen molar-refractivity contribution in [2.75, 3.05) is 52.9 Å². The van der Waals surface area contributed by atoms with E-state index >= 15 is 0 Å². The number of carbonyl (C=O) groups is 1. The summed E-state index contributed by atoms with van der Waals surface area (Å²) in [5.74, 6) is 0.812. The average molecular weight is 486 g/mol. The third-order valence-corrected chi connectivity index (χ3v) is 8.77. The lowest BCUT2D eigenvalue weighted by Gasteiger charge is -2.43.